The molecule has 8 heteroatoms. The molecule has 0 aliphatic heterocycles. The number of benzene rings is 2. The molecule has 3 rings (SSSR count). The number of amides is 2. The van der Waals surface area contributed by atoms with Crippen molar-refractivity contribution < 1.29 is 23.5 Å². The Balaban J connectivity index is 1.95. The van der Waals surface area contributed by atoms with Crippen molar-refractivity contribution in [3.63, 3.8) is 0 Å². The Hall–Kier alpha value is -3.52. The topological polar surface area (TPSA) is 84.5 Å². The molecule has 6 nitrogen and oxygen atoms in total. The van der Waals surface area contributed by atoms with Crippen molar-refractivity contribution in [2.24, 2.45) is 0 Å². The Morgan fingerprint density at radius 3 is 2.30 bits per heavy atom. The van der Waals surface area contributed by atoms with Crippen molar-refractivity contribution in [1.82, 2.24) is 0 Å². The third kappa shape index (κ3) is 4.55. The van der Waals surface area contributed by atoms with Crippen LogP contribution in [0.2, 0.25) is 0 Å². The zero-order chi connectivity index (χ0) is 21.7. The van der Waals surface area contributed by atoms with Gasteiger partial charge in [0.05, 0.1) is 22.7 Å². The van der Waals surface area contributed by atoms with Gasteiger partial charge in [-0.1, -0.05) is 30.3 Å². The summed E-state index contributed by atoms with van der Waals surface area (Å²) in [7, 11) is 0. The van der Waals surface area contributed by atoms with Gasteiger partial charge in [0.25, 0.3) is 11.8 Å². The van der Waals surface area contributed by atoms with Gasteiger partial charge in [-0.2, -0.15) is 0 Å². The Bertz CT molecular complexity index is 1100. The number of hydrogen-bond acceptors (Lipinski definition) is 5. The zero-order valence-corrected chi connectivity index (χ0v) is 17.1. The van der Waals surface area contributed by atoms with Gasteiger partial charge in [0.15, 0.2) is 0 Å². The second-order valence-corrected chi connectivity index (χ2v) is 7.26. The van der Waals surface area contributed by atoms with E-state index in [2.05, 4.69) is 10.6 Å². The van der Waals surface area contributed by atoms with Crippen LogP contribution in [-0.2, 0) is 4.74 Å². The maximum absolute atomic E-state index is 13.9. The Morgan fingerprint density at radius 2 is 1.63 bits per heavy atom. The molecular formula is C22H19FN2O4S. The molecule has 0 aliphatic carbocycles. The number of thiophene rings is 1. The van der Waals surface area contributed by atoms with Gasteiger partial charge in [-0.15, -0.1) is 11.3 Å². The highest BCUT2D eigenvalue weighted by atomic mass is 32.1. The van der Waals surface area contributed by atoms with Crippen molar-refractivity contribution in [2.75, 3.05) is 17.2 Å². The fourth-order valence-electron chi connectivity index (χ4n) is 2.77. The molecule has 0 unspecified atom stereocenters. The van der Waals surface area contributed by atoms with Crippen molar-refractivity contribution in [2.45, 2.75) is 13.8 Å². The molecule has 2 aromatic carbocycles. The van der Waals surface area contributed by atoms with Crippen molar-refractivity contribution in [1.29, 1.82) is 0 Å². The van der Waals surface area contributed by atoms with Crippen LogP contribution < -0.4 is 10.6 Å². The standard InChI is InChI=1S/C22H19FN2O4S/c1-3-29-22(28)17-13(2)18(20(27)24-16-12-8-7-11-15(16)23)30-21(17)25-19(26)14-9-5-4-6-10-14/h4-12H,3H2,1-2H3,(H,24,27)(H,25,26). The molecular weight excluding hydrogens is 407 g/mol. The predicted molar refractivity (Wildman–Crippen MR) is 114 cm³/mol. The molecule has 3 aromatic rings. The fourth-order valence-corrected chi connectivity index (χ4v) is 3.86. The number of halogens is 1. The number of esters is 1. The van der Waals surface area contributed by atoms with E-state index in [9.17, 15) is 18.8 Å². The Labute approximate surface area is 176 Å². The predicted octanol–water partition coefficient (Wildman–Crippen LogP) is 4.88. The number of nitrogens with one attached hydrogen (secondary N) is 2. The molecule has 0 bridgehead atoms. The lowest BCUT2D eigenvalue weighted by atomic mass is 10.1. The van der Waals surface area contributed by atoms with Crippen LogP contribution in [0.15, 0.2) is 54.6 Å². The van der Waals surface area contributed by atoms with E-state index in [-0.39, 0.29) is 27.7 Å². The van der Waals surface area contributed by atoms with Gasteiger partial charge in [0, 0.05) is 5.56 Å². The van der Waals surface area contributed by atoms with Gasteiger partial charge < -0.3 is 15.4 Å². The molecule has 0 saturated heterocycles. The quantitative estimate of drug-likeness (QED) is 0.551. The van der Waals surface area contributed by atoms with Crippen LogP contribution in [0.4, 0.5) is 15.1 Å². The first-order valence-corrected chi connectivity index (χ1v) is 9.96. The van der Waals surface area contributed by atoms with Gasteiger partial charge >= 0.3 is 5.97 Å². The van der Waals surface area contributed by atoms with Gasteiger partial charge in [-0.05, 0) is 43.7 Å². The van der Waals surface area contributed by atoms with Crippen LogP contribution in [0.3, 0.4) is 0 Å². The van der Waals surface area contributed by atoms with Crippen LogP contribution in [0.1, 0.15) is 42.9 Å². The summed E-state index contributed by atoms with van der Waals surface area (Å²) in [6.07, 6.45) is 0. The number of ether oxygens (including phenoxy) is 1. The summed E-state index contributed by atoms with van der Waals surface area (Å²) in [4.78, 5) is 38.0. The van der Waals surface area contributed by atoms with Crippen molar-refractivity contribution in [3.8, 4) is 0 Å². The number of carbonyl (C=O) groups excluding carboxylic acids is 3. The minimum atomic E-state index is -0.653. The van der Waals surface area contributed by atoms with Crippen LogP contribution in [-0.4, -0.2) is 24.4 Å². The molecule has 2 N–H and O–H groups in total. The second kappa shape index (κ2) is 9.32. The maximum atomic E-state index is 13.9. The summed E-state index contributed by atoms with van der Waals surface area (Å²) in [6, 6.07) is 14.2. The smallest absolute Gasteiger partial charge is 0.341 e. The molecule has 0 atom stereocenters. The highest BCUT2D eigenvalue weighted by molar-refractivity contribution is 7.19. The van der Waals surface area contributed by atoms with Crippen LogP contribution in [0, 0.1) is 12.7 Å². The third-order valence-electron chi connectivity index (χ3n) is 4.22. The van der Waals surface area contributed by atoms with Crippen LogP contribution >= 0.6 is 11.3 Å². The molecule has 30 heavy (non-hydrogen) atoms. The molecule has 154 valence electrons. The largest absolute Gasteiger partial charge is 0.462 e. The number of hydrogen-bond donors (Lipinski definition) is 2. The van der Waals surface area contributed by atoms with E-state index in [0.29, 0.717) is 11.1 Å². The highest BCUT2D eigenvalue weighted by Crippen LogP contribution is 2.34. The minimum Gasteiger partial charge on any atom is -0.462 e. The molecule has 0 spiro atoms. The lowest BCUT2D eigenvalue weighted by Gasteiger charge is -2.07. The van der Waals surface area contributed by atoms with Crippen molar-refractivity contribution in [3.05, 3.63) is 82.0 Å². The summed E-state index contributed by atoms with van der Waals surface area (Å²) in [5.41, 5.74) is 0.860. The van der Waals surface area contributed by atoms with E-state index < -0.39 is 23.6 Å². The van der Waals surface area contributed by atoms with E-state index in [4.69, 9.17) is 4.74 Å². The number of anilines is 2. The Morgan fingerprint density at radius 1 is 0.967 bits per heavy atom. The lowest BCUT2D eigenvalue weighted by molar-refractivity contribution is 0.0527. The summed E-state index contributed by atoms with van der Waals surface area (Å²) >= 11 is 0.929. The normalized spacial score (nSPS) is 10.4. The summed E-state index contributed by atoms with van der Waals surface area (Å²) < 4.78 is 19.0. The van der Waals surface area contributed by atoms with E-state index in [0.717, 1.165) is 11.3 Å². The fraction of sp³-hybridized carbons (Fsp3) is 0.136. The average Bonchev–Trinajstić information content (AvgIpc) is 3.06. The Kier molecular flexibility index (Phi) is 6.58. The van der Waals surface area contributed by atoms with Crippen molar-refractivity contribution >= 4 is 39.8 Å². The molecule has 0 fully saturated rings. The van der Waals surface area contributed by atoms with Crippen LogP contribution in [0.5, 0.6) is 0 Å². The van der Waals surface area contributed by atoms with Gasteiger partial charge in [-0.3, -0.25) is 9.59 Å². The maximum Gasteiger partial charge on any atom is 0.341 e. The average molecular weight is 426 g/mol. The highest BCUT2D eigenvalue weighted by Gasteiger charge is 2.27. The van der Waals surface area contributed by atoms with E-state index in [1.165, 1.54) is 18.2 Å². The molecule has 1 heterocycles. The monoisotopic (exact) mass is 426 g/mol. The van der Waals surface area contributed by atoms with Crippen LogP contribution in [0.25, 0.3) is 0 Å². The van der Waals surface area contributed by atoms with Gasteiger partial charge in [-0.25, -0.2) is 9.18 Å². The number of para-hydroxylation sites is 1. The number of carbonyl (C=O) groups is 3. The summed E-state index contributed by atoms with van der Waals surface area (Å²) in [5, 5.41) is 5.37. The van der Waals surface area contributed by atoms with Gasteiger partial charge in [0.1, 0.15) is 10.8 Å². The molecule has 0 radical (unpaired) electrons. The minimum absolute atomic E-state index is 0.0165. The third-order valence-corrected chi connectivity index (χ3v) is 5.42. The van der Waals surface area contributed by atoms with E-state index >= 15 is 0 Å². The SMILES string of the molecule is CCOC(=O)c1c(NC(=O)c2ccccc2)sc(C(=O)Nc2ccccc2F)c1C. The van der Waals surface area contributed by atoms with E-state index in [1.807, 2.05) is 0 Å². The zero-order valence-electron chi connectivity index (χ0n) is 16.3. The molecule has 1 aromatic heterocycles. The van der Waals surface area contributed by atoms with E-state index in [1.54, 1.807) is 50.2 Å². The number of rotatable bonds is 6. The summed E-state index contributed by atoms with van der Waals surface area (Å²) in [6.45, 7) is 3.38. The summed E-state index contributed by atoms with van der Waals surface area (Å²) in [5.74, 6) is -2.25. The molecule has 2 amide bonds. The first kappa shape index (κ1) is 21.2. The first-order valence-electron chi connectivity index (χ1n) is 9.15. The molecule has 0 aliphatic rings. The van der Waals surface area contributed by atoms with Gasteiger partial charge in [0.2, 0.25) is 0 Å². The molecule has 0 saturated carbocycles. The lowest BCUT2D eigenvalue weighted by Crippen LogP contribution is -2.15. The first-order chi connectivity index (χ1) is 14.4. The second-order valence-electron chi connectivity index (χ2n) is 6.23.